The van der Waals surface area contributed by atoms with Crippen molar-refractivity contribution >= 4 is 17.5 Å². The summed E-state index contributed by atoms with van der Waals surface area (Å²) in [5.41, 5.74) is 9.46. The smallest absolute Gasteiger partial charge is 0.163 e. The molecule has 0 fully saturated rings. The minimum atomic E-state index is 0.0500. The van der Waals surface area contributed by atoms with Gasteiger partial charge >= 0.3 is 0 Å². The molecule has 2 heterocycles. The summed E-state index contributed by atoms with van der Waals surface area (Å²) in [6.07, 6.45) is 3.50. The highest BCUT2D eigenvalue weighted by molar-refractivity contribution is 5.93. The molecule has 0 saturated carbocycles. The van der Waals surface area contributed by atoms with E-state index < -0.39 is 0 Å². The third-order valence-corrected chi connectivity index (χ3v) is 4.72. The molecule has 0 aliphatic heterocycles. The van der Waals surface area contributed by atoms with E-state index in [4.69, 9.17) is 15.6 Å². The molecule has 0 aliphatic carbocycles. The number of anilines is 1. The summed E-state index contributed by atoms with van der Waals surface area (Å²) in [7, 11) is 1.61. The SMILES string of the molecule is COc1ccc(-c2nn(-c3ccccc3)cc2C=C(C#N)c2[nH]nc(N)c2C#N)cc1. The molecule has 0 bridgehead atoms. The monoisotopic (exact) mass is 407 g/mol. The van der Waals surface area contributed by atoms with Gasteiger partial charge in [0, 0.05) is 17.3 Å². The molecule has 0 spiro atoms. The van der Waals surface area contributed by atoms with E-state index >= 15 is 0 Å². The Morgan fingerprint density at radius 2 is 1.87 bits per heavy atom. The van der Waals surface area contributed by atoms with E-state index in [1.54, 1.807) is 17.9 Å². The van der Waals surface area contributed by atoms with Crippen LogP contribution >= 0.6 is 0 Å². The summed E-state index contributed by atoms with van der Waals surface area (Å²) in [6, 6.07) is 21.3. The van der Waals surface area contributed by atoms with Crippen LogP contribution in [0.25, 0.3) is 28.6 Å². The van der Waals surface area contributed by atoms with Crippen molar-refractivity contribution in [3.05, 3.63) is 77.6 Å². The molecule has 2 aromatic carbocycles. The first-order chi connectivity index (χ1) is 15.1. The fraction of sp³-hybridized carbons (Fsp3) is 0.0435. The number of hydrogen-bond donors (Lipinski definition) is 2. The average Bonchev–Trinajstić information content (AvgIpc) is 3.41. The summed E-state index contributed by atoms with van der Waals surface area (Å²) in [5, 5.41) is 30.4. The van der Waals surface area contributed by atoms with E-state index in [0.717, 1.165) is 17.0 Å². The number of H-pyrrole nitrogens is 1. The minimum Gasteiger partial charge on any atom is -0.497 e. The number of benzene rings is 2. The highest BCUT2D eigenvalue weighted by Crippen LogP contribution is 2.30. The first-order valence-electron chi connectivity index (χ1n) is 9.30. The van der Waals surface area contributed by atoms with E-state index in [0.29, 0.717) is 11.3 Å². The number of aromatic amines is 1. The number of nitrogen functional groups attached to an aromatic ring is 1. The maximum Gasteiger partial charge on any atom is 0.163 e. The number of allylic oxidation sites excluding steroid dienone is 1. The Bertz CT molecular complexity index is 1330. The molecule has 0 atom stereocenters. The predicted octanol–water partition coefficient (Wildman–Crippen LogP) is 3.79. The van der Waals surface area contributed by atoms with Gasteiger partial charge in [-0.3, -0.25) is 5.10 Å². The van der Waals surface area contributed by atoms with Crippen molar-refractivity contribution in [3.8, 4) is 34.8 Å². The number of nitriles is 2. The van der Waals surface area contributed by atoms with Gasteiger partial charge in [-0.25, -0.2) is 4.68 Å². The molecule has 8 heteroatoms. The van der Waals surface area contributed by atoms with Gasteiger partial charge in [-0.15, -0.1) is 0 Å². The second-order valence-electron chi connectivity index (χ2n) is 6.58. The van der Waals surface area contributed by atoms with Crippen molar-refractivity contribution in [3.63, 3.8) is 0 Å². The molecule has 0 radical (unpaired) electrons. The number of ether oxygens (including phenoxy) is 1. The molecule has 150 valence electrons. The van der Waals surface area contributed by atoms with E-state index in [9.17, 15) is 10.5 Å². The summed E-state index contributed by atoms with van der Waals surface area (Å²) in [6.45, 7) is 0. The van der Waals surface area contributed by atoms with Crippen LogP contribution in [-0.2, 0) is 0 Å². The van der Waals surface area contributed by atoms with Crippen molar-refractivity contribution in [2.45, 2.75) is 0 Å². The fourth-order valence-electron chi connectivity index (χ4n) is 3.16. The maximum atomic E-state index is 9.76. The molecule has 0 aliphatic rings. The van der Waals surface area contributed by atoms with Gasteiger partial charge in [0.25, 0.3) is 0 Å². The van der Waals surface area contributed by atoms with Crippen LogP contribution in [0.1, 0.15) is 16.8 Å². The van der Waals surface area contributed by atoms with Crippen molar-refractivity contribution in [1.82, 2.24) is 20.0 Å². The minimum absolute atomic E-state index is 0.0500. The van der Waals surface area contributed by atoms with Crippen LogP contribution < -0.4 is 10.5 Å². The molecule has 2 aromatic heterocycles. The molecule has 0 saturated heterocycles. The van der Waals surface area contributed by atoms with Crippen LogP contribution in [0.2, 0.25) is 0 Å². The van der Waals surface area contributed by atoms with Crippen molar-refractivity contribution < 1.29 is 4.74 Å². The Morgan fingerprint density at radius 3 is 2.52 bits per heavy atom. The Kier molecular flexibility index (Phi) is 5.20. The van der Waals surface area contributed by atoms with Gasteiger partial charge in [0.1, 0.15) is 23.5 Å². The number of aromatic nitrogens is 4. The van der Waals surface area contributed by atoms with Gasteiger partial charge in [-0.05, 0) is 42.5 Å². The Morgan fingerprint density at radius 1 is 1.13 bits per heavy atom. The standard InChI is InChI=1S/C23H17N7O/c1-31-19-9-7-15(8-10-19)21-17(14-30(29-21)18-5-3-2-4-6-18)11-16(12-24)22-20(13-25)23(26)28-27-22/h2-11,14H,1H3,(H3,26,27,28). The summed E-state index contributed by atoms with van der Waals surface area (Å²) < 4.78 is 6.99. The van der Waals surface area contributed by atoms with E-state index in [1.807, 2.05) is 66.9 Å². The predicted molar refractivity (Wildman–Crippen MR) is 117 cm³/mol. The van der Waals surface area contributed by atoms with E-state index in [-0.39, 0.29) is 22.6 Å². The zero-order valence-corrected chi connectivity index (χ0v) is 16.6. The highest BCUT2D eigenvalue weighted by atomic mass is 16.5. The molecule has 0 unspecified atom stereocenters. The largest absolute Gasteiger partial charge is 0.497 e. The number of nitrogens with one attached hydrogen (secondary N) is 1. The summed E-state index contributed by atoms with van der Waals surface area (Å²) in [5.74, 6) is 0.779. The van der Waals surface area contributed by atoms with Gasteiger partial charge in [0.05, 0.1) is 29.8 Å². The number of methoxy groups -OCH3 is 1. The lowest BCUT2D eigenvalue weighted by atomic mass is 10.0. The zero-order chi connectivity index (χ0) is 21.8. The number of hydrogen-bond acceptors (Lipinski definition) is 6. The lowest BCUT2D eigenvalue weighted by Gasteiger charge is -2.03. The second kappa shape index (κ2) is 8.27. The van der Waals surface area contributed by atoms with Gasteiger partial charge < -0.3 is 10.5 Å². The van der Waals surface area contributed by atoms with Crippen molar-refractivity contribution in [2.24, 2.45) is 0 Å². The molecule has 4 aromatic rings. The third kappa shape index (κ3) is 3.74. The van der Waals surface area contributed by atoms with Crippen molar-refractivity contribution in [1.29, 1.82) is 10.5 Å². The zero-order valence-electron chi connectivity index (χ0n) is 16.6. The van der Waals surface area contributed by atoms with Crippen LogP contribution in [0.4, 0.5) is 5.82 Å². The number of para-hydroxylation sites is 1. The maximum absolute atomic E-state index is 9.76. The average molecular weight is 407 g/mol. The first kappa shape index (κ1) is 19.5. The van der Waals surface area contributed by atoms with Crippen LogP contribution in [0.3, 0.4) is 0 Å². The summed E-state index contributed by atoms with van der Waals surface area (Å²) in [4.78, 5) is 0. The van der Waals surface area contributed by atoms with Crippen molar-refractivity contribution in [2.75, 3.05) is 12.8 Å². The van der Waals surface area contributed by atoms with Gasteiger partial charge in [0.2, 0.25) is 0 Å². The fourth-order valence-corrected chi connectivity index (χ4v) is 3.16. The van der Waals surface area contributed by atoms with Gasteiger partial charge in [-0.2, -0.15) is 20.7 Å². The van der Waals surface area contributed by atoms with Crippen LogP contribution in [-0.4, -0.2) is 27.1 Å². The summed E-state index contributed by atoms with van der Waals surface area (Å²) >= 11 is 0. The molecule has 8 nitrogen and oxygen atoms in total. The Labute approximate surface area is 178 Å². The topological polar surface area (TPSA) is 129 Å². The highest BCUT2D eigenvalue weighted by Gasteiger charge is 2.17. The number of nitrogens with two attached hydrogens (primary N) is 1. The number of nitrogens with zero attached hydrogens (tertiary/aromatic N) is 5. The van der Waals surface area contributed by atoms with Gasteiger partial charge in [0.15, 0.2) is 5.82 Å². The molecular formula is C23H17N7O. The van der Waals surface area contributed by atoms with E-state index in [1.165, 1.54) is 0 Å². The normalized spacial score (nSPS) is 11.0. The molecule has 31 heavy (non-hydrogen) atoms. The third-order valence-electron chi connectivity index (χ3n) is 4.72. The second-order valence-corrected chi connectivity index (χ2v) is 6.58. The Balaban J connectivity index is 1.89. The molecule has 3 N–H and O–H groups in total. The Hall–Kier alpha value is -4.82. The van der Waals surface area contributed by atoms with Crippen LogP contribution in [0.15, 0.2) is 60.8 Å². The van der Waals surface area contributed by atoms with E-state index in [2.05, 4.69) is 16.3 Å². The van der Waals surface area contributed by atoms with Gasteiger partial charge in [-0.1, -0.05) is 18.2 Å². The number of rotatable bonds is 5. The molecule has 0 amide bonds. The lowest BCUT2D eigenvalue weighted by Crippen LogP contribution is -1.94. The van der Waals surface area contributed by atoms with Crippen LogP contribution in [0, 0.1) is 22.7 Å². The molecule has 4 rings (SSSR count). The molecular weight excluding hydrogens is 390 g/mol. The van der Waals surface area contributed by atoms with Crippen LogP contribution in [0.5, 0.6) is 5.75 Å². The first-order valence-corrected chi connectivity index (χ1v) is 9.30. The quantitative estimate of drug-likeness (QED) is 0.484. The lowest BCUT2D eigenvalue weighted by molar-refractivity contribution is 0.415.